The maximum atomic E-state index is 4.00. The van der Waals surface area contributed by atoms with Crippen molar-refractivity contribution in [2.75, 3.05) is 0 Å². The van der Waals surface area contributed by atoms with E-state index in [1.807, 2.05) is 0 Å². The molecular formula is C4H5Cl. The molecule has 0 aliphatic rings. The summed E-state index contributed by atoms with van der Waals surface area (Å²) in [5, 5.41) is 0. The number of halogens is 1. The molecule has 0 saturated carbocycles. The molecule has 0 spiro atoms. The third kappa shape index (κ3) is 19.5. The van der Waals surface area contributed by atoms with Crippen LogP contribution in [0.15, 0.2) is 0 Å². The SMILES string of the molecule is C#C.C#C.Cl. The smallest absolute Gasteiger partial charge is 0.124 e. The highest BCUT2D eigenvalue weighted by Crippen LogP contribution is 0.690. The van der Waals surface area contributed by atoms with Gasteiger partial charge in [0.2, 0.25) is 0 Å². The molecule has 0 bridgehead atoms. The van der Waals surface area contributed by atoms with Gasteiger partial charge in [-0.1, -0.05) is 0 Å². The van der Waals surface area contributed by atoms with E-state index in [0.29, 0.717) is 0 Å². The molecule has 0 aliphatic carbocycles. The van der Waals surface area contributed by atoms with Gasteiger partial charge in [-0.25, -0.2) is 0 Å². The highest BCUT2D eigenvalue weighted by Gasteiger charge is 0.456. The molecule has 0 aromatic rings. The van der Waals surface area contributed by atoms with Crippen molar-refractivity contribution in [1.82, 2.24) is 0 Å². The van der Waals surface area contributed by atoms with Gasteiger partial charge in [-0.2, -0.15) is 0 Å². The van der Waals surface area contributed by atoms with Crippen LogP contribution in [-0.4, -0.2) is 0 Å². The Hall–Kier alpha value is -0.590. The van der Waals surface area contributed by atoms with E-state index in [4.69, 9.17) is 0 Å². The average molecular weight is 88.5 g/mol. The molecule has 0 rings (SSSR count). The Labute approximate surface area is 39.0 Å². The Morgan fingerprint density at radius 2 is 0.600 bits per heavy atom. The van der Waals surface area contributed by atoms with Crippen LogP contribution in [-0.2, 0) is 0 Å². The van der Waals surface area contributed by atoms with E-state index in [-0.39, 0.29) is 12.4 Å². The summed E-state index contributed by atoms with van der Waals surface area (Å²) >= 11 is 0. The minimum absolute atomic E-state index is 0. The van der Waals surface area contributed by atoms with E-state index in [1.54, 1.807) is 0 Å². The predicted octanol–water partition coefficient (Wildman–Crippen LogP) is 0.921. The van der Waals surface area contributed by atoms with Crippen molar-refractivity contribution in [2.24, 2.45) is 0 Å². The van der Waals surface area contributed by atoms with E-state index in [9.17, 15) is 0 Å². The van der Waals surface area contributed by atoms with Crippen molar-refractivity contribution in [2.45, 2.75) is 0 Å². The molecule has 0 nitrogen and oxygen atoms in total. The van der Waals surface area contributed by atoms with E-state index in [2.05, 4.69) is 25.7 Å². The van der Waals surface area contributed by atoms with Crippen LogP contribution >= 0.6 is 12.4 Å². The van der Waals surface area contributed by atoms with Crippen LogP contribution in [0, 0.1) is 25.7 Å². The first kappa shape index (κ1) is 25.8. The molecule has 0 fully saturated rings. The Kier molecular flexibility index (Phi) is 294. The molecule has 0 unspecified atom stereocenters. The summed E-state index contributed by atoms with van der Waals surface area (Å²) in [6, 6.07) is 0. The summed E-state index contributed by atoms with van der Waals surface area (Å²) in [5.41, 5.74) is 0. The van der Waals surface area contributed by atoms with Gasteiger partial charge in [-0.3, -0.25) is 0 Å². The highest BCUT2D eigenvalue weighted by molar-refractivity contribution is 5.85. The molecule has 0 aromatic heterocycles. The lowest BCUT2D eigenvalue weighted by molar-refractivity contribution is 3.31. The summed E-state index contributed by atoms with van der Waals surface area (Å²) < 4.78 is 0. The maximum Gasteiger partial charge on any atom is -0.124 e. The zero-order chi connectivity index (χ0) is 4.00. The summed E-state index contributed by atoms with van der Waals surface area (Å²) in [4.78, 5) is 0. The Morgan fingerprint density at radius 3 is 0.600 bits per heavy atom. The van der Waals surface area contributed by atoms with E-state index >= 15 is 0 Å². The van der Waals surface area contributed by atoms with Crippen molar-refractivity contribution < 1.29 is 0 Å². The zero-order valence-corrected chi connectivity index (χ0v) is 3.53. The number of hydrogen-bond donors (Lipinski definition) is 0. The van der Waals surface area contributed by atoms with Gasteiger partial charge >= 0.3 is 0 Å². The largest absolute Gasteiger partial charge is 0.147 e. The van der Waals surface area contributed by atoms with Gasteiger partial charge in [0.05, 0.1) is 0 Å². The van der Waals surface area contributed by atoms with Crippen LogP contribution in [0.25, 0.3) is 0 Å². The van der Waals surface area contributed by atoms with Crippen molar-refractivity contribution in [3.8, 4) is 25.7 Å². The fourth-order valence-electron chi connectivity index (χ4n) is 0. The molecule has 5 heavy (non-hydrogen) atoms. The fourth-order valence-corrected chi connectivity index (χ4v) is 0. The van der Waals surface area contributed by atoms with Crippen LogP contribution in [0.1, 0.15) is 0 Å². The lowest BCUT2D eigenvalue weighted by atomic mass is 11.4. The van der Waals surface area contributed by atoms with Crippen LogP contribution < -0.4 is 0 Å². The van der Waals surface area contributed by atoms with Gasteiger partial charge in [0, 0.05) is 0 Å². The molecule has 0 radical (unpaired) electrons. The predicted molar refractivity (Wildman–Crippen MR) is 27.0 cm³/mol. The normalized spacial score (nSPS) is 0.800. The monoisotopic (exact) mass is 88.0 g/mol. The Morgan fingerprint density at radius 1 is 0.600 bits per heavy atom. The molecule has 0 atom stereocenters. The summed E-state index contributed by atoms with van der Waals surface area (Å²) in [7, 11) is 0. The van der Waals surface area contributed by atoms with Crippen molar-refractivity contribution in [3.05, 3.63) is 0 Å². The lowest BCUT2D eigenvalue weighted by Crippen LogP contribution is -0.576. The van der Waals surface area contributed by atoms with E-state index in [0.717, 1.165) is 0 Å². The van der Waals surface area contributed by atoms with Gasteiger partial charge in [-0.05, 0) is 0 Å². The van der Waals surface area contributed by atoms with E-state index < -0.39 is 0 Å². The first-order valence-corrected chi connectivity index (χ1v) is 0.667. The molecule has 0 N–H and O–H groups in total. The van der Waals surface area contributed by atoms with Crippen LogP contribution in [0.5, 0.6) is 0 Å². The summed E-state index contributed by atoms with van der Waals surface area (Å²) in [5.74, 6) is 0. The summed E-state index contributed by atoms with van der Waals surface area (Å²) in [6.07, 6.45) is 16.0. The van der Waals surface area contributed by atoms with Gasteiger partial charge in [-0.15, -0.1) is 38.1 Å². The van der Waals surface area contributed by atoms with Crippen molar-refractivity contribution >= 4 is 12.4 Å². The van der Waals surface area contributed by atoms with Crippen molar-refractivity contribution in [3.63, 3.8) is 0 Å². The quantitative estimate of drug-likeness (QED) is 0.387. The molecule has 0 aromatic carbocycles. The molecule has 0 aliphatic heterocycles. The van der Waals surface area contributed by atoms with Crippen LogP contribution in [0.3, 0.4) is 0 Å². The summed E-state index contributed by atoms with van der Waals surface area (Å²) in [6.45, 7) is 0. The van der Waals surface area contributed by atoms with Crippen molar-refractivity contribution in [1.29, 1.82) is 0 Å². The maximum absolute atomic E-state index is 4.00. The Bertz CT molecular complexity index is 19.1. The fraction of sp³-hybridized carbons (Fsp3) is 0. The van der Waals surface area contributed by atoms with Gasteiger partial charge in [0.25, 0.3) is 0 Å². The van der Waals surface area contributed by atoms with Gasteiger partial charge in [0.15, 0.2) is 0 Å². The number of terminal acetylenes is 2. The molecule has 1 heteroatoms. The number of hydrogen-bond acceptors (Lipinski definition) is 0. The average Bonchev–Trinajstić information content (AvgIpc) is 1.50. The second-order valence-electron chi connectivity index (χ2n) is 0. The first-order chi connectivity index (χ1) is 2.00. The second-order valence-corrected chi connectivity index (χ2v) is 0. The topological polar surface area (TPSA) is 0 Å². The minimum atomic E-state index is 0. The first-order valence-electron chi connectivity index (χ1n) is 0.667. The molecule has 0 heterocycles. The molecular weight excluding hydrogens is 83.5 g/mol. The van der Waals surface area contributed by atoms with Crippen LogP contribution in [0.2, 0.25) is 0 Å². The van der Waals surface area contributed by atoms with Crippen LogP contribution in [0.4, 0.5) is 0 Å². The standard InChI is InChI=1S/2C2H2.ClH/c2*1-2;/h2*1-2H;1H. The Balaban J connectivity index is -0.0000000133. The lowest BCUT2D eigenvalue weighted by Gasteiger charge is -0.701. The highest BCUT2D eigenvalue weighted by atomic mass is 35.5. The molecule has 28 valence electrons. The minimum Gasteiger partial charge on any atom is -0.147 e. The van der Waals surface area contributed by atoms with Gasteiger partial charge < -0.3 is 0 Å². The zero-order valence-electron chi connectivity index (χ0n) is 2.72. The second kappa shape index (κ2) is 56.9. The molecule has 0 saturated heterocycles. The number of rotatable bonds is 0. The van der Waals surface area contributed by atoms with E-state index in [1.165, 1.54) is 0 Å². The third-order valence-electron chi connectivity index (χ3n) is 0. The molecule has 0 amide bonds. The third-order valence-corrected chi connectivity index (χ3v) is 0. The van der Waals surface area contributed by atoms with Gasteiger partial charge in [0.1, 0.15) is 0 Å².